The van der Waals surface area contributed by atoms with E-state index in [-0.39, 0.29) is 5.56 Å². The number of carboxylic acid groups (broad SMARTS) is 1. The van der Waals surface area contributed by atoms with Gasteiger partial charge in [-0.2, -0.15) is 0 Å². The van der Waals surface area contributed by atoms with Gasteiger partial charge in [0, 0.05) is 11.9 Å². The third-order valence-electron chi connectivity index (χ3n) is 2.17. The number of hydrogen-bond donors (Lipinski definition) is 2. The van der Waals surface area contributed by atoms with Crippen molar-refractivity contribution >= 4 is 11.8 Å². The fourth-order valence-electron chi connectivity index (χ4n) is 1.39. The molecule has 2 rings (SSSR count). The molecule has 1 aromatic carbocycles. The lowest BCUT2D eigenvalue weighted by molar-refractivity contribution is 0.0697. The largest absolute Gasteiger partial charge is 0.478 e. The molecule has 0 aliphatic heterocycles. The van der Waals surface area contributed by atoms with E-state index in [4.69, 9.17) is 10.8 Å². The van der Waals surface area contributed by atoms with Crippen LogP contribution in [0.2, 0.25) is 0 Å². The minimum atomic E-state index is -0.929. The van der Waals surface area contributed by atoms with Crippen LogP contribution in [0.25, 0.3) is 5.69 Å². The highest BCUT2D eigenvalue weighted by molar-refractivity contribution is 5.87. The fraction of sp³-hybridized carbons (Fsp3) is 0. The molecule has 0 bridgehead atoms. The van der Waals surface area contributed by atoms with E-state index >= 15 is 0 Å². The Morgan fingerprint density at radius 1 is 1.20 bits per heavy atom. The molecule has 2 aromatic rings. The molecule has 0 saturated heterocycles. The van der Waals surface area contributed by atoms with Gasteiger partial charge in [0.25, 0.3) is 0 Å². The standard InChI is InChI=1S/C11H10N2O2/c12-10-2-1-7-13(10)9-5-3-8(4-6-9)11(14)15/h1-7H,12H2,(H,14,15). The number of aromatic nitrogens is 1. The van der Waals surface area contributed by atoms with E-state index in [9.17, 15) is 4.79 Å². The van der Waals surface area contributed by atoms with Crippen molar-refractivity contribution < 1.29 is 9.90 Å². The second kappa shape index (κ2) is 3.49. The van der Waals surface area contributed by atoms with Gasteiger partial charge in [-0.05, 0) is 36.4 Å². The van der Waals surface area contributed by atoms with E-state index in [0.29, 0.717) is 5.82 Å². The summed E-state index contributed by atoms with van der Waals surface area (Å²) in [6.45, 7) is 0. The van der Waals surface area contributed by atoms with Crippen molar-refractivity contribution in [3.63, 3.8) is 0 Å². The molecule has 0 saturated carbocycles. The van der Waals surface area contributed by atoms with Crippen LogP contribution in [0.3, 0.4) is 0 Å². The molecule has 1 aromatic heterocycles. The van der Waals surface area contributed by atoms with Crippen LogP contribution in [0.5, 0.6) is 0 Å². The second-order valence-electron chi connectivity index (χ2n) is 3.16. The molecule has 4 heteroatoms. The number of hydrogen-bond acceptors (Lipinski definition) is 2. The second-order valence-corrected chi connectivity index (χ2v) is 3.16. The van der Waals surface area contributed by atoms with Crippen molar-refractivity contribution in [1.29, 1.82) is 0 Å². The first-order valence-electron chi connectivity index (χ1n) is 4.45. The Balaban J connectivity index is 2.40. The minimum Gasteiger partial charge on any atom is -0.478 e. The monoisotopic (exact) mass is 202 g/mol. The number of nitrogens with two attached hydrogens (primary N) is 1. The van der Waals surface area contributed by atoms with E-state index < -0.39 is 5.97 Å². The maximum atomic E-state index is 10.6. The van der Waals surface area contributed by atoms with E-state index in [1.54, 1.807) is 34.9 Å². The molecule has 0 atom stereocenters. The first-order valence-corrected chi connectivity index (χ1v) is 4.45. The zero-order valence-electron chi connectivity index (χ0n) is 7.92. The number of carboxylic acids is 1. The number of benzene rings is 1. The Morgan fingerprint density at radius 3 is 2.33 bits per heavy atom. The summed E-state index contributed by atoms with van der Waals surface area (Å²) in [5, 5.41) is 8.73. The van der Waals surface area contributed by atoms with Crippen LogP contribution in [-0.2, 0) is 0 Å². The van der Waals surface area contributed by atoms with Gasteiger partial charge < -0.3 is 15.4 Å². The molecule has 0 aliphatic rings. The quantitative estimate of drug-likeness (QED) is 0.779. The summed E-state index contributed by atoms with van der Waals surface area (Å²) in [5.74, 6) is -0.305. The lowest BCUT2D eigenvalue weighted by Gasteiger charge is -2.05. The Morgan fingerprint density at radius 2 is 1.87 bits per heavy atom. The maximum absolute atomic E-state index is 10.6. The van der Waals surface area contributed by atoms with E-state index in [1.807, 2.05) is 12.3 Å². The fourth-order valence-corrected chi connectivity index (χ4v) is 1.39. The van der Waals surface area contributed by atoms with Gasteiger partial charge in [0.05, 0.1) is 5.56 Å². The zero-order valence-corrected chi connectivity index (χ0v) is 7.92. The summed E-state index contributed by atoms with van der Waals surface area (Å²) in [4.78, 5) is 10.6. The van der Waals surface area contributed by atoms with Gasteiger partial charge in [-0.1, -0.05) is 0 Å². The van der Waals surface area contributed by atoms with Gasteiger partial charge in [0.15, 0.2) is 0 Å². The third kappa shape index (κ3) is 1.69. The molecule has 4 nitrogen and oxygen atoms in total. The highest BCUT2D eigenvalue weighted by Crippen LogP contribution is 2.14. The van der Waals surface area contributed by atoms with Crippen molar-refractivity contribution in [3.8, 4) is 5.69 Å². The molecular formula is C11H10N2O2. The van der Waals surface area contributed by atoms with E-state index in [2.05, 4.69) is 0 Å². The Bertz CT molecular complexity index is 486. The molecule has 0 amide bonds. The first kappa shape index (κ1) is 9.33. The van der Waals surface area contributed by atoms with Crippen LogP contribution >= 0.6 is 0 Å². The minimum absolute atomic E-state index is 0.268. The number of anilines is 1. The van der Waals surface area contributed by atoms with Crippen LogP contribution in [0.1, 0.15) is 10.4 Å². The van der Waals surface area contributed by atoms with Crippen LogP contribution in [-0.4, -0.2) is 15.6 Å². The van der Waals surface area contributed by atoms with Gasteiger partial charge in [0.1, 0.15) is 5.82 Å². The summed E-state index contributed by atoms with van der Waals surface area (Å²) in [7, 11) is 0. The van der Waals surface area contributed by atoms with Crippen LogP contribution < -0.4 is 5.73 Å². The van der Waals surface area contributed by atoms with Gasteiger partial charge in [0.2, 0.25) is 0 Å². The molecule has 0 radical (unpaired) electrons. The van der Waals surface area contributed by atoms with Crippen molar-refractivity contribution in [1.82, 2.24) is 4.57 Å². The van der Waals surface area contributed by atoms with E-state index in [0.717, 1.165) is 5.69 Å². The van der Waals surface area contributed by atoms with Crippen LogP contribution in [0, 0.1) is 0 Å². The summed E-state index contributed by atoms with van der Waals surface area (Å²) in [5.41, 5.74) is 6.83. The van der Waals surface area contributed by atoms with Gasteiger partial charge in [-0.15, -0.1) is 0 Å². The van der Waals surface area contributed by atoms with Gasteiger partial charge >= 0.3 is 5.97 Å². The van der Waals surface area contributed by atoms with Crippen molar-refractivity contribution in [2.75, 3.05) is 5.73 Å². The summed E-state index contributed by atoms with van der Waals surface area (Å²) in [6, 6.07) is 10.2. The van der Waals surface area contributed by atoms with Crippen LogP contribution in [0.4, 0.5) is 5.82 Å². The number of nitrogens with zero attached hydrogens (tertiary/aromatic N) is 1. The topological polar surface area (TPSA) is 68.2 Å². The Labute approximate surface area is 86.6 Å². The molecule has 1 heterocycles. The average molecular weight is 202 g/mol. The smallest absolute Gasteiger partial charge is 0.335 e. The van der Waals surface area contributed by atoms with Crippen molar-refractivity contribution in [2.24, 2.45) is 0 Å². The highest BCUT2D eigenvalue weighted by Gasteiger charge is 2.03. The Hall–Kier alpha value is -2.23. The molecule has 15 heavy (non-hydrogen) atoms. The summed E-state index contributed by atoms with van der Waals surface area (Å²) in [6.07, 6.45) is 1.82. The molecule has 0 aliphatic carbocycles. The van der Waals surface area contributed by atoms with Crippen molar-refractivity contribution in [2.45, 2.75) is 0 Å². The molecule has 0 spiro atoms. The number of aromatic carboxylic acids is 1. The predicted molar refractivity (Wildman–Crippen MR) is 57.1 cm³/mol. The average Bonchev–Trinajstić information content (AvgIpc) is 2.65. The number of nitrogen functional groups attached to an aromatic ring is 1. The van der Waals surface area contributed by atoms with Gasteiger partial charge in [-0.3, -0.25) is 0 Å². The Kier molecular flexibility index (Phi) is 2.17. The molecule has 3 N–H and O–H groups in total. The third-order valence-corrected chi connectivity index (χ3v) is 2.17. The van der Waals surface area contributed by atoms with Crippen molar-refractivity contribution in [3.05, 3.63) is 48.2 Å². The SMILES string of the molecule is Nc1cccn1-c1ccc(C(=O)O)cc1. The zero-order chi connectivity index (χ0) is 10.8. The normalized spacial score (nSPS) is 10.1. The summed E-state index contributed by atoms with van der Waals surface area (Å²) < 4.78 is 1.78. The lowest BCUT2D eigenvalue weighted by Crippen LogP contribution is -2.00. The summed E-state index contributed by atoms with van der Waals surface area (Å²) >= 11 is 0. The maximum Gasteiger partial charge on any atom is 0.335 e. The molecule has 0 unspecified atom stereocenters. The highest BCUT2D eigenvalue weighted by atomic mass is 16.4. The number of rotatable bonds is 2. The lowest BCUT2D eigenvalue weighted by atomic mass is 10.2. The molecule has 0 fully saturated rings. The number of carbonyl (C=O) groups is 1. The van der Waals surface area contributed by atoms with Gasteiger partial charge in [-0.25, -0.2) is 4.79 Å². The molecular weight excluding hydrogens is 192 g/mol. The van der Waals surface area contributed by atoms with Crippen LogP contribution in [0.15, 0.2) is 42.6 Å². The first-order chi connectivity index (χ1) is 7.18. The predicted octanol–water partition coefficient (Wildman–Crippen LogP) is 1.76. The molecule has 76 valence electrons. The van der Waals surface area contributed by atoms with E-state index in [1.165, 1.54) is 0 Å².